The Hall–Kier alpha value is -1.69. The number of piperidine rings is 1. The summed E-state index contributed by atoms with van der Waals surface area (Å²) in [7, 11) is 0. The minimum atomic E-state index is 0.102. The number of aromatic nitrogens is 3. The number of rotatable bonds is 3. The van der Waals surface area contributed by atoms with Gasteiger partial charge in [0.25, 0.3) is 5.56 Å². The number of thiazole rings is 1. The molecule has 1 fully saturated rings. The number of hydrogen-bond donors (Lipinski definition) is 0. The van der Waals surface area contributed by atoms with Crippen LogP contribution in [0.1, 0.15) is 24.1 Å². The van der Waals surface area contributed by atoms with E-state index in [0.717, 1.165) is 48.9 Å². The first-order valence-electron chi connectivity index (χ1n) is 7.32. The Kier molecular flexibility index (Phi) is 4.05. The summed E-state index contributed by atoms with van der Waals surface area (Å²) in [5.74, 6) is 0.544. The molecule has 0 unspecified atom stereocenters. The highest BCUT2D eigenvalue weighted by Crippen LogP contribution is 2.25. The minimum Gasteiger partial charge on any atom is -0.348 e. The van der Waals surface area contributed by atoms with E-state index < -0.39 is 0 Å². The fourth-order valence-electron chi connectivity index (χ4n) is 2.76. The van der Waals surface area contributed by atoms with Crippen LogP contribution >= 0.6 is 11.3 Å². The third-order valence-corrected chi connectivity index (χ3v) is 5.11. The maximum absolute atomic E-state index is 12.2. The molecule has 0 aromatic carbocycles. The summed E-state index contributed by atoms with van der Waals surface area (Å²) >= 11 is 1.69. The molecule has 3 rings (SSSR count). The maximum atomic E-state index is 12.2. The molecule has 0 spiro atoms. The first kappa shape index (κ1) is 14.3. The molecule has 2 aromatic rings. The van der Waals surface area contributed by atoms with Gasteiger partial charge in [-0.25, -0.2) is 9.97 Å². The van der Waals surface area contributed by atoms with Gasteiger partial charge in [-0.1, -0.05) is 0 Å². The van der Waals surface area contributed by atoms with E-state index in [4.69, 9.17) is 0 Å². The fourth-order valence-corrected chi connectivity index (χ4v) is 3.46. The minimum absolute atomic E-state index is 0.102. The lowest BCUT2D eigenvalue weighted by Gasteiger charge is -2.31. The Morgan fingerprint density at radius 2 is 2.05 bits per heavy atom. The average molecular weight is 304 g/mol. The smallest absolute Gasteiger partial charge is 0.256 e. The molecule has 0 radical (unpaired) electrons. The van der Waals surface area contributed by atoms with E-state index in [0.29, 0.717) is 5.92 Å². The highest BCUT2D eigenvalue weighted by molar-refractivity contribution is 7.13. The number of hydrogen-bond acceptors (Lipinski definition) is 5. The van der Waals surface area contributed by atoms with Gasteiger partial charge in [-0.3, -0.25) is 9.36 Å². The molecule has 0 saturated carbocycles. The van der Waals surface area contributed by atoms with Gasteiger partial charge in [-0.15, -0.1) is 11.3 Å². The fraction of sp³-hybridized carbons (Fsp3) is 0.533. The first-order chi connectivity index (χ1) is 10.1. The predicted octanol–water partition coefficient (Wildman–Crippen LogP) is 2.23. The van der Waals surface area contributed by atoms with E-state index in [1.165, 1.54) is 0 Å². The molecule has 0 aliphatic carbocycles. The van der Waals surface area contributed by atoms with Crippen LogP contribution in [0.5, 0.6) is 0 Å². The monoisotopic (exact) mass is 304 g/mol. The summed E-state index contributed by atoms with van der Waals surface area (Å²) in [6, 6.07) is 0. The van der Waals surface area contributed by atoms with Crippen LogP contribution in [0.25, 0.3) is 0 Å². The highest BCUT2D eigenvalue weighted by Gasteiger charge is 2.21. The zero-order valence-corrected chi connectivity index (χ0v) is 13.3. The van der Waals surface area contributed by atoms with Crippen LogP contribution < -0.4 is 10.5 Å². The Morgan fingerprint density at radius 3 is 2.71 bits per heavy atom. The predicted molar refractivity (Wildman–Crippen MR) is 85.0 cm³/mol. The molecule has 2 aromatic heterocycles. The largest absolute Gasteiger partial charge is 0.348 e. The topological polar surface area (TPSA) is 51.0 Å². The van der Waals surface area contributed by atoms with Crippen molar-refractivity contribution >= 4 is 16.5 Å². The molecule has 5 nitrogen and oxygen atoms in total. The van der Waals surface area contributed by atoms with Crippen LogP contribution in [-0.4, -0.2) is 27.6 Å². The zero-order valence-electron chi connectivity index (χ0n) is 12.5. The average Bonchev–Trinajstić information content (AvgIpc) is 3.03. The third kappa shape index (κ3) is 3.00. The van der Waals surface area contributed by atoms with Crippen molar-refractivity contribution in [1.29, 1.82) is 0 Å². The lowest BCUT2D eigenvalue weighted by Crippen LogP contribution is -2.36. The first-order valence-corrected chi connectivity index (χ1v) is 8.20. The number of aryl methyl sites for hydroxylation is 1. The van der Waals surface area contributed by atoms with Gasteiger partial charge >= 0.3 is 0 Å². The molecule has 6 heteroatoms. The van der Waals surface area contributed by atoms with E-state index in [1.54, 1.807) is 22.2 Å². The molecule has 1 aliphatic heterocycles. The van der Waals surface area contributed by atoms with Crippen LogP contribution in [0.2, 0.25) is 0 Å². The van der Waals surface area contributed by atoms with Crippen molar-refractivity contribution in [1.82, 2.24) is 14.5 Å². The Bertz CT molecular complexity index is 657. The van der Waals surface area contributed by atoms with Gasteiger partial charge in [-0.2, -0.15) is 0 Å². The SMILES string of the molecule is Cc1ncn(CC2CCN(c3nccs3)CC2)c(=O)c1C. The van der Waals surface area contributed by atoms with Gasteiger partial charge in [0.05, 0.1) is 6.33 Å². The summed E-state index contributed by atoms with van der Waals surface area (Å²) in [4.78, 5) is 23.2. The number of nitrogens with zero attached hydrogens (tertiary/aromatic N) is 4. The van der Waals surface area contributed by atoms with Gasteiger partial charge < -0.3 is 4.90 Å². The molecule has 1 aliphatic rings. The molecule has 0 atom stereocenters. The standard InChI is InChI=1S/C15H20N4OS/c1-11-12(2)17-10-19(14(11)20)9-13-3-6-18(7-4-13)15-16-5-8-21-15/h5,8,10,13H,3-4,6-7,9H2,1-2H3. The molecule has 0 N–H and O–H groups in total. The Balaban J connectivity index is 1.63. The van der Waals surface area contributed by atoms with Crippen LogP contribution in [0.15, 0.2) is 22.7 Å². The lowest BCUT2D eigenvalue weighted by molar-refractivity contribution is 0.350. The van der Waals surface area contributed by atoms with Gasteiger partial charge in [0.2, 0.25) is 0 Å². The summed E-state index contributed by atoms with van der Waals surface area (Å²) in [5, 5.41) is 3.13. The van der Waals surface area contributed by atoms with Gasteiger partial charge in [0.15, 0.2) is 5.13 Å². The normalized spacial score (nSPS) is 16.4. The van der Waals surface area contributed by atoms with Crippen molar-refractivity contribution < 1.29 is 0 Å². The maximum Gasteiger partial charge on any atom is 0.256 e. The second-order valence-corrected chi connectivity index (χ2v) is 6.53. The lowest BCUT2D eigenvalue weighted by atomic mass is 9.97. The Morgan fingerprint density at radius 1 is 1.29 bits per heavy atom. The molecule has 3 heterocycles. The summed E-state index contributed by atoms with van der Waals surface area (Å²) < 4.78 is 1.77. The van der Waals surface area contributed by atoms with Crippen LogP contribution in [-0.2, 0) is 6.54 Å². The van der Waals surface area contributed by atoms with Crippen molar-refractivity contribution in [3.8, 4) is 0 Å². The second-order valence-electron chi connectivity index (χ2n) is 5.66. The van der Waals surface area contributed by atoms with Crippen molar-refractivity contribution in [2.24, 2.45) is 5.92 Å². The quantitative estimate of drug-likeness (QED) is 0.872. The summed E-state index contributed by atoms with van der Waals surface area (Å²) in [6.07, 6.45) is 5.74. The van der Waals surface area contributed by atoms with Crippen molar-refractivity contribution in [3.05, 3.63) is 39.5 Å². The molecule has 0 amide bonds. The van der Waals surface area contributed by atoms with Crippen LogP contribution in [0, 0.1) is 19.8 Å². The van der Waals surface area contributed by atoms with Gasteiger partial charge in [0.1, 0.15) is 0 Å². The van der Waals surface area contributed by atoms with Crippen LogP contribution in [0.4, 0.5) is 5.13 Å². The van der Waals surface area contributed by atoms with E-state index in [2.05, 4.69) is 14.9 Å². The van der Waals surface area contributed by atoms with Crippen LogP contribution in [0.3, 0.4) is 0 Å². The zero-order chi connectivity index (χ0) is 14.8. The van der Waals surface area contributed by atoms with Gasteiger partial charge in [-0.05, 0) is 32.6 Å². The van der Waals surface area contributed by atoms with E-state index in [1.807, 2.05) is 25.4 Å². The van der Waals surface area contributed by atoms with Crippen molar-refractivity contribution in [2.45, 2.75) is 33.2 Å². The van der Waals surface area contributed by atoms with E-state index >= 15 is 0 Å². The highest BCUT2D eigenvalue weighted by atomic mass is 32.1. The summed E-state index contributed by atoms with van der Waals surface area (Å²) in [6.45, 7) is 6.55. The summed E-state index contributed by atoms with van der Waals surface area (Å²) in [5.41, 5.74) is 1.69. The molecule has 21 heavy (non-hydrogen) atoms. The van der Waals surface area contributed by atoms with Crippen molar-refractivity contribution in [3.63, 3.8) is 0 Å². The van der Waals surface area contributed by atoms with Crippen molar-refractivity contribution in [2.75, 3.05) is 18.0 Å². The molecular weight excluding hydrogens is 284 g/mol. The Labute approximate surface area is 128 Å². The van der Waals surface area contributed by atoms with Gasteiger partial charge in [0, 0.05) is 42.5 Å². The third-order valence-electron chi connectivity index (χ3n) is 4.27. The molecule has 0 bridgehead atoms. The van der Waals surface area contributed by atoms with E-state index in [9.17, 15) is 4.79 Å². The molecule has 112 valence electrons. The molecular formula is C15H20N4OS. The second kappa shape index (κ2) is 5.97. The number of anilines is 1. The molecule has 1 saturated heterocycles. The van der Waals surface area contributed by atoms with E-state index in [-0.39, 0.29) is 5.56 Å².